The van der Waals surface area contributed by atoms with Gasteiger partial charge in [-0.2, -0.15) is 11.3 Å². The van der Waals surface area contributed by atoms with E-state index in [0.29, 0.717) is 27.5 Å². The lowest BCUT2D eigenvalue weighted by Crippen LogP contribution is -2.09. The summed E-state index contributed by atoms with van der Waals surface area (Å²) in [6.45, 7) is 0. The highest BCUT2D eigenvalue weighted by molar-refractivity contribution is 7.17. The molecular formula is C20H16N2O3S2. The number of rotatable bonds is 5. The lowest BCUT2D eigenvalue weighted by molar-refractivity contribution is 0.355. The van der Waals surface area contributed by atoms with Crippen molar-refractivity contribution in [2.24, 2.45) is 0 Å². The Labute approximate surface area is 163 Å². The molecule has 0 radical (unpaired) electrons. The summed E-state index contributed by atoms with van der Waals surface area (Å²) >= 11 is 3.08. The molecule has 0 fully saturated rings. The lowest BCUT2D eigenvalue weighted by Gasteiger charge is -2.09. The summed E-state index contributed by atoms with van der Waals surface area (Å²) in [5, 5.41) is 6.57. The molecule has 1 aromatic carbocycles. The quantitative estimate of drug-likeness (QED) is 0.521. The van der Waals surface area contributed by atoms with Crippen molar-refractivity contribution in [3.05, 3.63) is 62.1 Å². The number of H-pyrrole nitrogens is 1. The second-order valence-corrected chi connectivity index (χ2v) is 7.38. The number of hydrogen-bond donors (Lipinski definition) is 1. The number of nitrogens with zero attached hydrogens (tertiary/aromatic N) is 1. The molecule has 0 saturated heterocycles. The average Bonchev–Trinajstić information content (AvgIpc) is 3.35. The third-order valence-electron chi connectivity index (χ3n) is 4.13. The van der Waals surface area contributed by atoms with E-state index >= 15 is 0 Å². The van der Waals surface area contributed by atoms with Gasteiger partial charge in [-0.25, -0.2) is 4.98 Å². The van der Waals surface area contributed by atoms with Crippen molar-refractivity contribution in [3.63, 3.8) is 0 Å². The third kappa shape index (κ3) is 3.39. The van der Waals surface area contributed by atoms with Crippen LogP contribution in [0.3, 0.4) is 0 Å². The highest BCUT2D eigenvalue weighted by Crippen LogP contribution is 2.36. The van der Waals surface area contributed by atoms with Crippen LogP contribution in [0, 0.1) is 0 Å². The Morgan fingerprint density at radius 3 is 2.67 bits per heavy atom. The van der Waals surface area contributed by atoms with Crippen LogP contribution in [-0.4, -0.2) is 24.2 Å². The maximum absolute atomic E-state index is 12.7. The summed E-state index contributed by atoms with van der Waals surface area (Å²) < 4.78 is 10.7. The van der Waals surface area contributed by atoms with Crippen LogP contribution in [0.15, 0.2) is 45.2 Å². The van der Waals surface area contributed by atoms with E-state index in [9.17, 15) is 4.79 Å². The van der Waals surface area contributed by atoms with E-state index in [1.165, 1.54) is 11.3 Å². The summed E-state index contributed by atoms with van der Waals surface area (Å²) in [6, 6.07) is 7.62. The van der Waals surface area contributed by atoms with Gasteiger partial charge in [-0.15, -0.1) is 11.3 Å². The zero-order chi connectivity index (χ0) is 18.8. The van der Waals surface area contributed by atoms with Gasteiger partial charge in [0.15, 0.2) is 11.5 Å². The molecule has 0 bridgehead atoms. The number of ether oxygens (including phenoxy) is 2. The molecule has 5 nitrogen and oxygen atoms in total. The summed E-state index contributed by atoms with van der Waals surface area (Å²) in [5.74, 6) is 1.81. The molecule has 0 aliphatic carbocycles. The molecule has 0 aliphatic heterocycles. The number of nitrogens with one attached hydrogen (secondary N) is 1. The first-order chi connectivity index (χ1) is 13.2. The van der Waals surface area contributed by atoms with E-state index in [1.807, 2.05) is 52.6 Å². The predicted molar refractivity (Wildman–Crippen MR) is 112 cm³/mol. The normalized spacial score (nSPS) is 11.3. The van der Waals surface area contributed by atoms with Gasteiger partial charge >= 0.3 is 0 Å². The fourth-order valence-corrected chi connectivity index (χ4v) is 4.39. The van der Waals surface area contributed by atoms with Crippen LogP contribution in [0.5, 0.6) is 11.5 Å². The van der Waals surface area contributed by atoms with Crippen LogP contribution in [-0.2, 0) is 0 Å². The Bertz CT molecular complexity index is 1170. The van der Waals surface area contributed by atoms with Gasteiger partial charge in [-0.1, -0.05) is 12.1 Å². The molecule has 27 heavy (non-hydrogen) atoms. The molecule has 7 heteroatoms. The summed E-state index contributed by atoms with van der Waals surface area (Å²) in [4.78, 5) is 20.9. The molecule has 0 atom stereocenters. The van der Waals surface area contributed by atoms with Gasteiger partial charge in [0, 0.05) is 10.9 Å². The van der Waals surface area contributed by atoms with Crippen LogP contribution < -0.4 is 15.0 Å². The van der Waals surface area contributed by atoms with Crippen LogP contribution in [0.2, 0.25) is 0 Å². The van der Waals surface area contributed by atoms with Gasteiger partial charge in [0.25, 0.3) is 5.56 Å². The van der Waals surface area contributed by atoms with Crippen LogP contribution in [0.4, 0.5) is 0 Å². The van der Waals surface area contributed by atoms with Gasteiger partial charge in [-0.3, -0.25) is 4.79 Å². The number of fused-ring (bicyclic) bond motifs is 1. The minimum Gasteiger partial charge on any atom is -0.493 e. The van der Waals surface area contributed by atoms with Crippen molar-refractivity contribution in [1.29, 1.82) is 0 Å². The smallest absolute Gasteiger partial charge is 0.260 e. The van der Waals surface area contributed by atoms with E-state index in [2.05, 4.69) is 9.97 Å². The van der Waals surface area contributed by atoms with Crippen molar-refractivity contribution in [1.82, 2.24) is 9.97 Å². The largest absolute Gasteiger partial charge is 0.493 e. The Morgan fingerprint density at radius 1 is 1.07 bits per heavy atom. The van der Waals surface area contributed by atoms with Gasteiger partial charge in [0.05, 0.1) is 19.6 Å². The van der Waals surface area contributed by atoms with E-state index in [4.69, 9.17) is 9.47 Å². The first kappa shape index (κ1) is 17.5. The fourth-order valence-electron chi connectivity index (χ4n) is 2.81. The summed E-state index contributed by atoms with van der Waals surface area (Å²) in [7, 11) is 3.19. The number of benzene rings is 1. The van der Waals surface area contributed by atoms with Crippen LogP contribution in [0.1, 0.15) is 11.4 Å². The monoisotopic (exact) mass is 396 g/mol. The molecule has 4 aromatic rings. The second kappa shape index (κ2) is 7.38. The van der Waals surface area contributed by atoms with Gasteiger partial charge in [0.2, 0.25) is 0 Å². The van der Waals surface area contributed by atoms with Crippen LogP contribution in [0.25, 0.3) is 33.5 Å². The van der Waals surface area contributed by atoms with Crippen molar-refractivity contribution in [2.75, 3.05) is 14.2 Å². The Morgan fingerprint density at radius 2 is 1.93 bits per heavy atom. The zero-order valence-electron chi connectivity index (χ0n) is 14.7. The number of thiophene rings is 2. The molecule has 136 valence electrons. The van der Waals surface area contributed by atoms with Crippen molar-refractivity contribution in [3.8, 4) is 22.6 Å². The molecule has 3 aromatic heterocycles. The first-order valence-electron chi connectivity index (χ1n) is 8.14. The average molecular weight is 396 g/mol. The number of aromatic amines is 1. The van der Waals surface area contributed by atoms with Gasteiger partial charge in [-0.05, 0) is 46.2 Å². The molecule has 0 aliphatic rings. The zero-order valence-corrected chi connectivity index (χ0v) is 16.3. The summed E-state index contributed by atoms with van der Waals surface area (Å²) in [5.41, 5.74) is 2.64. The minimum atomic E-state index is -0.156. The summed E-state index contributed by atoms with van der Waals surface area (Å²) in [6.07, 6.45) is 3.75. The Hall–Kier alpha value is -2.90. The number of aromatic nitrogens is 2. The van der Waals surface area contributed by atoms with Gasteiger partial charge in [0.1, 0.15) is 10.7 Å². The minimum absolute atomic E-state index is 0.156. The fraction of sp³-hybridized carbons (Fsp3) is 0.100. The SMILES string of the molecule is COc1ccc(-c2csc3nc(/C=C/c4ccsc4)[nH]c(=O)c23)cc1OC. The van der Waals surface area contributed by atoms with E-state index in [1.54, 1.807) is 25.6 Å². The van der Waals surface area contributed by atoms with E-state index in [-0.39, 0.29) is 5.56 Å². The Balaban J connectivity index is 1.77. The van der Waals surface area contributed by atoms with E-state index in [0.717, 1.165) is 16.7 Å². The molecule has 0 saturated carbocycles. The van der Waals surface area contributed by atoms with Crippen molar-refractivity contribution < 1.29 is 9.47 Å². The van der Waals surface area contributed by atoms with Crippen molar-refractivity contribution >= 4 is 45.0 Å². The van der Waals surface area contributed by atoms with Crippen LogP contribution >= 0.6 is 22.7 Å². The molecule has 0 amide bonds. The maximum Gasteiger partial charge on any atom is 0.260 e. The predicted octanol–water partition coefficient (Wildman–Crippen LogP) is 4.90. The molecule has 0 spiro atoms. The molecule has 0 unspecified atom stereocenters. The Kier molecular flexibility index (Phi) is 4.79. The first-order valence-corrected chi connectivity index (χ1v) is 9.96. The molecular weight excluding hydrogens is 380 g/mol. The van der Waals surface area contributed by atoms with Crippen molar-refractivity contribution in [2.45, 2.75) is 0 Å². The molecule has 3 heterocycles. The second-order valence-electron chi connectivity index (χ2n) is 5.74. The number of hydrogen-bond acceptors (Lipinski definition) is 6. The third-order valence-corrected chi connectivity index (χ3v) is 5.71. The lowest BCUT2D eigenvalue weighted by atomic mass is 10.1. The number of methoxy groups -OCH3 is 2. The molecule has 1 N–H and O–H groups in total. The highest BCUT2D eigenvalue weighted by atomic mass is 32.1. The van der Waals surface area contributed by atoms with E-state index < -0.39 is 0 Å². The molecule has 4 rings (SSSR count). The highest BCUT2D eigenvalue weighted by Gasteiger charge is 2.14. The van der Waals surface area contributed by atoms with Gasteiger partial charge < -0.3 is 14.5 Å². The maximum atomic E-state index is 12.7. The topological polar surface area (TPSA) is 64.2 Å². The standard InChI is InChI=1S/C20H16N2O3S2/c1-24-15-5-4-13(9-16(15)25-2)14-11-27-20-18(14)19(23)21-17(22-20)6-3-12-7-8-26-10-12/h3-11H,1-2H3,(H,21,22,23)/b6-3+.